The summed E-state index contributed by atoms with van der Waals surface area (Å²) in [6, 6.07) is 8.17. The van der Waals surface area contributed by atoms with Crippen LogP contribution in [0.1, 0.15) is 61.0 Å². The van der Waals surface area contributed by atoms with Crippen LogP contribution in [0.2, 0.25) is 0 Å². The normalized spacial score (nSPS) is 15.4. The molecule has 34 heavy (non-hydrogen) atoms. The van der Waals surface area contributed by atoms with E-state index in [1.54, 1.807) is 32.0 Å². The highest BCUT2D eigenvalue weighted by Crippen LogP contribution is 2.29. The molecule has 7 heteroatoms. The summed E-state index contributed by atoms with van der Waals surface area (Å²) in [4.78, 5) is 40.4. The second kappa shape index (κ2) is 11.6. The van der Waals surface area contributed by atoms with Crippen LogP contribution in [-0.4, -0.2) is 54.8 Å². The Kier molecular flexibility index (Phi) is 10.1. The maximum absolute atomic E-state index is 13.7. The molecular weight excluding hydrogens is 428 g/mol. The summed E-state index contributed by atoms with van der Waals surface area (Å²) >= 11 is 0. The van der Waals surface area contributed by atoms with E-state index in [9.17, 15) is 14.4 Å². The summed E-state index contributed by atoms with van der Waals surface area (Å²) in [5.74, 6) is -0.947. The van der Waals surface area contributed by atoms with Gasteiger partial charge in [0.25, 0.3) is 0 Å². The highest BCUT2D eigenvalue weighted by molar-refractivity contribution is 5.92. The zero-order valence-corrected chi connectivity index (χ0v) is 22.5. The molecule has 3 atom stereocenters. The molecule has 0 aromatic heterocycles. The number of hydrogen-bond acceptors (Lipinski definition) is 4. The third kappa shape index (κ3) is 7.16. The first-order valence-corrected chi connectivity index (χ1v) is 11.8. The minimum Gasteiger partial charge on any atom is -0.366 e. The SMILES string of the molecule is CN[C@H](C(=O)N[C@H](C(=O)N(C)[C@H](C=C(C)C(N)=O)C(C)C)C(C)(C)C)C(C)(C)c1ccccc1. The Morgan fingerprint density at radius 2 is 1.53 bits per heavy atom. The van der Waals surface area contributed by atoms with Crippen molar-refractivity contribution in [2.45, 2.75) is 78.9 Å². The number of carbonyl (C=O) groups is 3. The summed E-state index contributed by atoms with van der Waals surface area (Å²) in [5, 5.41) is 6.18. The third-order valence-corrected chi connectivity index (χ3v) is 6.48. The van der Waals surface area contributed by atoms with Gasteiger partial charge in [-0.25, -0.2) is 0 Å². The van der Waals surface area contributed by atoms with E-state index in [1.807, 2.05) is 78.8 Å². The Bertz CT molecular complexity index is 885. The number of primary amides is 1. The number of carbonyl (C=O) groups excluding carboxylic acids is 3. The van der Waals surface area contributed by atoms with Crippen LogP contribution < -0.4 is 16.4 Å². The lowest BCUT2D eigenvalue weighted by atomic mass is 9.76. The average molecular weight is 473 g/mol. The standard InChI is InChI=1S/C27H44N4O3/c1-17(2)20(16-18(3)23(28)32)31(10)25(34)22(26(4,5)6)30-24(33)21(29-9)27(7,8)19-14-12-11-13-15-19/h11-17,20-22,29H,1-10H3,(H2,28,32)(H,30,33)/t20-,21-,22-/m1/s1. The van der Waals surface area contributed by atoms with Crippen molar-refractivity contribution in [1.29, 1.82) is 0 Å². The Labute approximate surface area is 205 Å². The van der Waals surface area contributed by atoms with Crippen molar-refractivity contribution < 1.29 is 14.4 Å². The molecular formula is C27H44N4O3. The van der Waals surface area contributed by atoms with Crippen LogP contribution in [-0.2, 0) is 19.8 Å². The number of benzene rings is 1. The molecule has 0 bridgehead atoms. The Morgan fingerprint density at radius 3 is 1.94 bits per heavy atom. The molecule has 0 aliphatic carbocycles. The number of hydrogen-bond donors (Lipinski definition) is 3. The van der Waals surface area contributed by atoms with Crippen LogP contribution in [0.5, 0.6) is 0 Å². The van der Waals surface area contributed by atoms with Crippen molar-refractivity contribution >= 4 is 17.7 Å². The fourth-order valence-corrected chi connectivity index (χ4v) is 4.17. The number of rotatable bonds is 10. The maximum atomic E-state index is 13.7. The summed E-state index contributed by atoms with van der Waals surface area (Å²) in [7, 11) is 3.45. The molecule has 3 amide bonds. The Hall–Kier alpha value is -2.67. The summed E-state index contributed by atoms with van der Waals surface area (Å²) in [5.41, 5.74) is 5.78. The largest absolute Gasteiger partial charge is 0.366 e. The van der Waals surface area contributed by atoms with Crippen LogP contribution in [0, 0.1) is 11.3 Å². The summed E-state index contributed by atoms with van der Waals surface area (Å²) in [6.07, 6.45) is 1.72. The van der Waals surface area contributed by atoms with Gasteiger partial charge in [0.1, 0.15) is 6.04 Å². The van der Waals surface area contributed by atoms with E-state index in [1.165, 1.54) is 0 Å². The molecule has 0 aliphatic rings. The highest BCUT2D eigenvalue weighted by atomic mass is 16.2. The van der Waals surface area contributed by atoms with E-state index in [0.717, 1.165) is 5.56 Å². The highest BCUT2D eigenvalue weighted by Gasteiger charge is 2.41. The van der Waals surface area contributed by atoms with Gasteiger partial charge in [-0.15, -0.1) is 0 Å². The fraction of sp³-hybridized carbons (Fsp3) is 0.593. The van der Waals surface area contributed by atoms with Gasteiger partial charge in [-0.05, 0) is 30.9 Å². The lowest BCUT2D eigenvalue weighted by molar-refractivity contribution is -0.140. The van der Waals surface area contributed by atoms with Crippen molar-refractivity contribution in [1.82, 2.24) is 15.5 Å². The van der Waals surface area contributed by atoms with Crippen molar-refractivity contribution in [3.05, 3.63) is 47.5 Å². The lowest BCUT2D eigenvalue weighted by Crippen LogP contribution is -2.61. The van der Waals surface area contributed by atoms with E-state index in [0.29, 0.717) is 5.57 Å². The Balaban J connectivity index is 3.29. The van der Waals surface area contributed by atoms with Gasteiger partial charge in [-0.1, -0.05) is 84.9 Å². The molecule has 1 rings (SSSR count). The molecule has 1 aromatic carbocycles. The second-order valence-corrected chi connectivity index (χ2v) is 11.0. The monoisotopic (exact) mass is 472 g/mol. The molecule has 0 unspecified atom stereocenters. The fourth-order valence-electron chi connectivity index (χ4n) is 4.17. The van der Waals surface area contributed by atoms with E-state index < -0.39 is 28.8 Å². The minimum atomic E-state index is -0.768. The number of nitrogens with zero attached hydrogens (tertiary/aromatic N) is 1. The van der Waals surface area contributed by atoms with Crippen molar-refractivity contribution in [3.8, 4) is 0 Å². The molecule has 0 radical (unpaired) electrons. The van der Waals surface area contributed by atoms with E-state index in [-0.39, 0.29) is 23.8 Å². The second-order valence-electron chi connectivity index (χ2n) is 11.0. The van der Waals surface area contributed by atoms with Gasteiger partial charge in [-0.3, -0.25) is 14.4 Å². The third-order valence-electron chi connectivity index (χ3n) is 6.48. The first kappa shape index (κ1) is 29.4. The topological polar surface area (TPSA) is 105 Å². The number of amides is 3. The summed E-state index contributed by atoms with van der Waals surface area (Å²) < 4.78 is 0. The molecule has 0 saturated carbocycles. The van der Waals surface area contributed by atoms with Crippen molar-refractivity contribution in [2.24, 2.45) is 17.1 Å². The predicted octanol–water partition coefficient (Wildman–Crippen LogP) is 3.00. The van der Waals surface area contributed by atoms with Crippen molar-refractivity contribution in [2.75, 3.05) is 14.1 Å². The van der Waals surface area contributed by atoms with Crippen LogP contribution in [0.3, 0.4) is 0 Å². The first-order chi connectivity index (χ1) is 15.5. The smallest absolute Gasteiger partial charge is 0.245 e. The number of likely N-dealkylation sites (N-methyl/N-ethyl adjacent to an activating group) is 2. The molecule has 7 nitrogen and oxygen atoms in total. The zero-order chi connectivity index (χ0) is 26.4. The minimum absolute atomic E-state index is 0.0432. The van der Waals surface area contributed by atoms with Gasteiger partial charge in [0, 0.05) is 18.0 Å². The molecule has 0 fully saturated rings. The van der Waals surface area contributed by atoms with Gasteiger partial charge in [0.2, 0.25) is 17.7 Å². The van der Waals surface area contributed by atoms with Crippen molar-refractivity contribution in [3.63, 3.8) is 0 Å². The van der Waals surface area contributed by atoms with E-state index >= 15 is 0 Å². The molecule has 1 aromatic rings. The van der Waals surface area contributed by atoms with Gasteiger partial charge in [-0.2, -0.15) is 0 Å². The van der Waals surface area contributed by atoms with Crippen LogP contribution >= 0.6 is 0 Å². The van der Waals surface area contributed by atoms with Gasteiger partial charge < -0.3 is 21.3 Å². The molecule has 4 N–H and O–H groups in total. The molecule has 0 spiro atoms. The zero-order valence-electron chi connectivity index (χ0n) is 22.5. The van der Waals surface area contributed by atoms with E-state index in [2.05, 4.69) is 10.6 Å². The van der Waals surface area contributed by atoms with Gasteiger partial charge in [0.15, 0.2) is 0 Å². The maximum Gasteiger partial charge on any atom is 0.245 e. The average Bonchev–Trinajstić information content (AvgIpc) is 2.74. The molecule has 0 saturated heterocycles. The van der Waals surface area contributed by atoms with Gasteiger partial charge >= 0.3 is 0 Å². The predicted molar refractivity (Wildman–Crippen MR) is 138 cm³/mol. The molecule has 0 heterocycles. The first-order valence-electron chi connectivity index (χ1n) is 11.8. The van der Waals surface area contributed by atoms with Crippen LogP contribution in [0.25, 0.3) is 0 Å². The van der Waals surface area contributed by atoms with E-state index in [4.69, 9.17) is 5.73 Å². The number of nitrogens with two attached hydrogens (primary N) is 1. The lowest BCUT2D eigenvalue weighted by Gasteiger charge is -2.40. The van der Waals surface area contributed by atoms with Gasteiger partial charge in [0.05, 0.1) is 12.1 Å². The quantitative estimate of drug-likeness (QED) is 0.455. The molecule has 190 valence electrons. The van der Waals surface area contributed by atoms with Crippen LogP contribution in [0.4, 0.5) is 0 Å². The summed E-state index contributed by atoms with van der Waals surface area (Å²) in [6.45, 7) is 15.4. The number of nitrogens with one attached hydrogen (secondary N) is 2. The van der Waals surface area contributed by atoms with Crippen LogP contribution in [0.15, 0.2) is 42.0 Å². The molecule has 0 aliphatic heterocycles. The Morgan fingerprint density at radius 1 is 1.00 bits per heavy atom.